The van der Waals surface area contributed by atoms with Crippen molar-refractivity contribution >= 4 is 17.8 Å². The van der Waals surface area contributed by atoms with Crippen molar-refractivity contribution in [2.24, 2.45) is 29.6 Å². The van der Waals surface area contributed by atoms with Crippen molar-refractivity contribution in [3.8, 4) is 11.1 Å². The fourth-order valence-electron chi connectivity index (χ4n) is 6.16. The zero-order valence-electron chi connectivity index (χ0n) is 19.1. The molecule has 0 spiro atoms. The standard InChI is InChI=1S/C27H26F3NO4/c1-14-24-20(19-9-10-23(32)25(33)21(19)12-22(24)26(34)35-14)8-7-18-6-5-16(13-31-18)15-3-2-4-17(11-15)27(28,29)30/h2-8,11,13-14,19-24,32H,9-10,12H2,1H3/t14-,19?,20+,21?,22?,23?,24?/m1/s1. The van der Waals surface area contributed by atoms with Gasteiger partial charge < -0.3 is 9.84 Å². The number of aromatic nitrogens is 1. The maximum Gasteiger partial charge on any atom is 0.416 e. The Labute approximate surface area is 201 Å². The van der Waals surface area contributed by atoms with E-state index in [2.05, 4.69) is 4.98 Å². The number of carbonyl (C=O) groups excluding carboxylic acids is 2. The first-order valence-corrected chi connectivity index (χ1v) is 11.9. The number of pyridine rings is 1. The van der Waals surface area contributed by atoms with Crippen LogP contribution in [0.5, 0.6) is 0 Å². The molecule has 1 saturated heterocycles. The van der Waals surface area contributed by atoms with Gasteiger partial charge in [-0.1, -0.05) is 24.3 Å². The normalized spacial score (nSPS) is 32.9. The van der Waals surface area contributed by atoms with E-state index in [0.29, 0.717) is 36.1 Å². The Hall–Kier alpha value is -3.00. The van der Waals surface area contributed by atoms with Crippen molar-refractivity contribution < 1.29 is 32.6 Å². The maximum atomic E-state index is 13.0. The zero-order valence-corrected chi connectivity index (χ0v) is 19.1. The summed E-state index contributed by atoms with van der Waals surface area (Å²) in [5, 5.41) is 10.1. The van der Waals surface area contributed by atoms with Crippen LogP contribution >= 0.6 is 0 Å². The van der Waals surface area contributed by atoms with E-state index in [4.69, 9.17) is 4.74 Å². The van der Waals surface area contributed by atoms with E-state index >= 15 is 0 Å². The molecular formula is C27H26F3NO4. The van der Waals surface area contributed by atoms with Gasteiger partial charge in [-0.3, -0.25) is 14.6 Å². The van der Waals surface area contributed by atoms with Gasteiger partial charge in [0.15, 0.2) is 5.78 Å². The lowest BCUT2D eigenvalue weighted by atomic mass is 9.56. The fraction of sp³-hybridized carbons (Fsp3) is 0.444. The van der Waals surface area contributed by atoms with E-state index in [-0.39, 0.29) is 47.4 Å². The molecule has 1 N–H and O–H groups in total. The van der Waals surface area contributed by atoms with E-state index in [0.717, 1.165) is 12.1 Å². The summed E-state index contributed by atoms with van der Waals surface area (Å²) in [5.41, 5.74) is 0.909. The molecule has 5 rings (SSSR count). The second kappa shape index (κ2) is 8.90. The summed E-state index contributed by atoms with van der Waals surface area (Å²) in [6.45, 7) is 1.88. The molecule has 3 fully saturated rings. The highest BCUT2D eigenvalue weighted by Gasteiger charge is 2.56. The SMILES string of the molecule is C[C@H]1OC(=O)C2CC3C(=O)C(O)CCC3[C@H](C=Cc3ccc(-c4cccc(C(F)(F)F)c4)cn3)C21. The zero-order chi connectivity index (χ0) is 24.9. The number of fused-ring (bicyclic) bond motifs is 2. The number of carbonyl (C=O) groups is 2. The molecule has 2 aromatic rings. The predicted molar refractivity (Wildman–Crippen MR) is 122 cm³/mol. The average molecular weight is 486 g/mol. The summed E-state index contributed by atoms with van der Waals surface area (Å²) < 4.78 is 44.6. The van der Waals surface area contributed by atoms with Gasteiger partial charge in [-0.25, -0.2) is 0 Å². The first kappa shape index (κ1) is 23.7. The molecule has 0 radical (unpaired) electrons. The average Bonchev–Trinajstić information content (AvgIpc) is 3.12. The van der Waals surface area contributed by atoms with E-state index in [1.165, 1.54) is 12.3 Å². The number of hydrogen-bond acceptors (Lipinski definition) is 5. The van der Waals surface area contributed by atoms with Gasteiger partial charge in [0.2, 0.25) is 0 Å². The molecule has 184 valence electrons. The minimum Gasteiger partial charge on any atom is -0.462 e. The molecule has 7 atom stereocenters. The maximum absolute atomic E-state index is 13.0. The highest BCUT2D eigenvalue weighted by atomic mass is 19.4. The van der Waals surface area contributed by atoms with Gasteiger partial charge in [0, 0.05) is 23.6 Å². The van der Waals surface area contributed by atoms with Crippen LogP contribution in [0, 0.1) is 29.6 Å². The first-order valence-electron chi connectivity index (χ1n) is 11.9. The number of halogens is 3. The smallest absolute Gasteiger partial charge is 0.416 e. The van der Waals surface area contributed by atoms with Crippen molar-refractivity contribution in [2.75, 3.05) is 0 Å². The number of benzene rings is 1. The molecule has 8 heteroatoms. The molecule has 3 aliphatic rings. The van der Waals surface area contributed by atoms with Crippen LogP contribution in [0.2, 0.25) is 0 Å². The van der Waals surface area contributed by atoms with Gasteiger partial charge in [0.05, 0.1) is 17.2 Å². The number of esters is 1. The number of nitrogens with zero attached hydrogens (tertiary/aromatic N) is 1. The highest BCUT2D eigenvalue weighted by molar-refractivity contribution is 5.87. The van der Waals surface area contributed by atoms with Crippen molar-refractivity contribution in [1.29, 1.82) is 0 Å². The Balaban J connectivity index is 1.40. The van der Waals surface area contributed by atoms with Crippen LogP contribution in [0.25, 0.3) is 17.2 Å². The molecule has 0 amide bonds. The lowest BCUT2D eigenvalue weighted by Crippen LogP contribution is -2.49. The molecular weight excluding hydrogens is 459 g/mol. The summed E-state index contributed by atoms with van der Waals surface area (Å²) in [6.07, 6.45) is 1.23. The lowest BCUT2D eigenvalue weighted by molar-refractivity contribution is -0.146. The molecule has 5 unspecified atom stereocenters. The van der Waals surface area contributed by atoms with Crippen molar-refractivity contribution in [3.05, 3.63) is 59.9 Å². The number of ketones is 1. The third-order valence-corrected chi connectivity index (χ3v) is 7.84. The summed E-state index contributed by atoms with van der Waals surface area (Å²) in [7, 11) is 0. The number of allylic oxidation sites excluding steroid dienone is 1. The monoisotopic (exact) mass is 485 g/mol. The van der Waals surface area contributed by atoms with Gasteiger partial charge in [0.1, 0.15) is 12.2 Å². The summed E-state index contributed by atoms with van der Waals surface area (Å²) in [5.74, 6) is -1.32. The molecule has 5 nitrogen and oxygen atoms in total. The Morgan fingerprint density at radius 1 is 1.09 bits per heavy atom. The topological polar surface area (TPSA) is 76.5 Å². The predicted octanol–water partition coefficient (Wildman–Crippen LogP) is 4.93. The fourth-order valence-corrected chi connectivity index (χ4v) is 6.16. The highest BCUT2D eigenvalue weighted by Crippen LogP contribution is 2.52. The van der Waals surface area contributed by atoms with E-state index in [9.17, 15) is 27.9 Å². The van der Waals surface area contributed by atoms with E-state index < -0.39 is 17.8 Å². The number of ether oxygens (including phenoxy) is 1. The van der Waals surface area contributed by atoms with Crippen LogP contribution in [0.4, 0.5) is 13.2 Å². The van der Waals surface area contributed by atoms with Gasteiger partial charge in [-0.2, -0.15) is 13.2 Å². The molecule has 35 heavy (non-hydrogen) atoms. The number of rotatable bonds is 3. The number of aliphatic hydroxyl groups is 1. The Kier molecular flexibility index (Phi) is 6.03. The van der Waals surface area contributed by atoms with Crippen LogP contribution in [0.15, 0.2) is 48.7 Å². The third-order valence-electron chi connectivity index (χ3n) is 7.84. The minimum atomic E-state index is -4.42. The van der Waals surface area contributed by atoms with E-state index in [1.807, 2.05) is 19.1 Å². The number of alkyl halides is 3. The summed E-state index contributed by atoms with van der Waals surface area (Å²) >= 11 is 0. The Morgan fingerprint density at radius 3 is 2.60 bits per heavy atom. The van der Waals surface area contributed by atoms with Crippen molar-refractivity contribution in [1.82, 2.24) is 4.98 Å². The van der Waals surface area contributed by atoms with Crippen LogP contribution in [-0.4, -0.2) is 34.1 Å². The van der Waals surface area contributed by atoms with Gasteiger partial charge in [-0.05, 0) is 67.9 Å². The second-order valence-corrected chi connectivity index (χ2v) is 9.81. The number of cyclic esters (lactones) is 1. The lowest BCUT2D eigenvalue weighted by Gasteiger charge is -2.45. The molecule has 1 aliphatic heterocycles. The Morgan fingerprint density at radius 2 is 1.89 bits per heavy atom. The minimum absolute atomic E-state index is 0.0183. The van der Waals surface area contributed by atoms with Crippen LogP contribution < -0.4 is 0 Å². The number of hydrogen-bond donors (Lipinski definition) is 1. The molecule has 2 heterocycles. The first-order chi connectivity index (χ1) is 16.6. The van der Waals surface area contributed by atoms with Crippen molar-refractivity contribution in [2.45, 2.75) is 44.6 Å². The van der Waals surface area contributed by atoms with Gasteiger partial charge in [-0.15, -0.1) is 0 Å². The molecule has 1 aromatic heterocycles. The number of Topliss-reactive ketones (excluding diaryl/α,β-unsaturated/α-hetero) is 1. The summed E-state index contributed by atoms with van der Waals surface area (Å²) in [6, 6.07) is 8.57. The molecule has 2 saturated carbocycles. The number of aliphatic hydroxyl groups excluding tert-OH is 1. The molecule has 2 aliphatic carbocycles. The largest absolute Gasteiger partial charge is 0.462 e. The second-order valence-electron chi connectivity index (χ2n) is 9.81. The van der Waals surface area contributed by atoms with E-state index in [1.54, 1.807) is 18.2 Å². The third kappa shape index (κ3) is 4.40. The quantitative estimate of drug-likeness (QED) is 0.624. The van der Waals surface area contributed by atoms with Crippen LogP contribution in [0.3, 0.4) is 0 Å². The van der Waals surface area contributed by atoms with Crippen LogP contribution in [-0.2, 0) is 20.5 Å². The molecule has 0 bridgehead atoms. The van der Waals surface area contributed by atoms with Crippen molar-refractivity contribution in [3.63, 3.8) is 0 Å². The van der Waals surface area contributed by atoms with Gasteiger partial charge in [0.25, 0.3) is 0 Å². The summed E-state index contributed by atoms with van der Waals surface area (Å²) in [4.78, 5) is 29.6. The molecule has 1 aromatic carbocycles. The Bertz CT molecular complexity index is 1160. The van der Waals surface area contributed by atoms with Crippen LogP contribution in [0.1, 0.15) is 37.4 Å². The van der Waals surface area contributed by atoms with Gasteiger partial charge >= 0.3 is 12.1 Å².